The maximum Gasteiger partial charge on any atom is 0.314 e. The van der Waals surface area contributed by atoms with Crippen molar-refractivity contribution in [2.45, 2.75) is 0 Å². The molecule has 0 aliphatic rings. The van der Waals surface area contributed by atoms with E-state index in [-0.39, 0.29) is 5.75 Å². The predicted octanol–water partition coefficient (Wildman–Crippen LogP) is 3.12. The number of benzene rings is 3. The van der Waals surface area contributed by atoms with E-state index in [1.54, 1.807) is 18.2 Å². The lowest BCUT2D eigenvalue weighted by molar-refractivity contribution is -0.132. The Bertz CT molecular complexity index is 885. The molecule has 0 saturated heterocycles. The Morgan fingerprint density at radius 3 is 2.30 bits per heavy atom. The van der Waals surface area contributed by atoms with Gasteiger partial charge in [0.25, 0.3) is 0 Å². The highest BCUT2D eigenvalue weighted by atomic mass is 16.3. The molecule has 5 nitrogen and oxygen atoms in total. The Labute approximate surface area is 132 Å². The molecule has 0 atom stereocenters. The summed E-state index contributed by atoms with van der Waals surface area (Å²) in [5.74, 6) is -1.56. The van der Waals surface area contributed by atoms with Crippen LogP contribution in [-0.2, 0) is 9.59 Å². The van der Waals surface area contributed by atoms with Crippen molar-refractivity contribution >= 4 is 34.0 Å². The number of phenols is 1. The predicted molar refractivity (Wildman–Crippen MR) is 89.3 cm³/mol. The van der Waals surface area contributed by atoms with E-state index < -0.39 is 11.8 Å². The minimum Gasteiger partial charge on any atom is -0.508 e. The van der Waals surface area contributed by atoms with Gasteiger partial charge in [-0.1, -0.05) is 42.5 Å². The first-order valence-corrected chi connectivity index (χ1v) is 7.02. The smallest absolute Gasteiger partial charge is 0.314 e. The number of carbonyl (C=O) groups excluding carboxylic acids is 2. The Morgan fingerprint density at radius 2 is 1.48 bits per heavy atom. The van der Waals surface area contributed by atoms with Gasteiger partial charge in [0.1, 0.15) is 5.75 Å². The molecule has 3 aromatic rings. The van der Waals surface area contributed by atoms with Crippen LogP contribution in [0.2, 0.25) is 0 Å². The lowest BCUT2D eigenvalue weighted by atomic mass is 10.1. The minimum atomic E-state index is -0.802. The Balaban J connectivity index is 1.77. The first-order chi connectivity index (χ1) is 11.1. The number of aromatic hydroxyl groups is 1. The largest absolute Gasteiger partial charge is 0.508 e. The number of phenolic OH excluding ortho intramolecular Hbond substituents is 1. The molecule has 0 unspecified atom stereocenters. The summed E-state index contributed by atoms with van der Waals surface area (Å²) in [4.78, 5) is 24.0. The second-order valence-corrected chi connectivity index (χ2v) is 4.99. The third-order valence-corrected chi connectivity index (χ3v) is 3.35. The summed E-state index contributed by atoms with van der Waals surface area (Å²) < 4.78 is 0. The molecule has 114 valence electrons. The highest BCUT2D eigenvalue weighted by molar-refractivity contribution is 6.44. The van der Waals surface area contributed by atoms with Crippen molar-refractivity contribution in [1.82, 2.24) is 0 Å². The average molecular weight is 306 g/mol. The zero-order valence-corrected chi connectivity index (χ0v) is 12.1. The summed E-state index contributed by atoms with van der Waals surface area (Å²) in [5.41, 5.74) is 0.919. The van der Waals surface area contributed by atoms with Gasteiger partial charge in [0.2, 0.25) is 0 Å². The number of anilines is 2. The van der Waals surface area contributed by atoms with Gasteiger partial charge in [0, 0.05) is 22.8 Å². The standard InChI is InChI=1S/C18H14N2O3/c21-14-8-4-7-13(11-14)19-17(22)18(23)20-16-10-3-6-12-5-1-2-9-15(12)16/h1-11,21H,(H,19,22)(H,20,23). The number of amides is 2. The maximum atomic E-state index is 12.1. The summed E-state index contributed by atoms with van der Waals surface area (Å²) in [6.07, 6.45) is 0. The molecule has 0 aromatic heterocycles. The summed E-state index contributed by atoms with van der Waals surface area (Å²) in [6, 6.07) is 19.1. The van der Waals surface area contributed by atoms with Gasteiger partial charge in [0.05, 0.1) is 0 Å². The van der Waals surface area contributed by atoms with Crippen molar-refractivity contribution in [3.05, 3.63) is 66.7 Å². The average Bonchev–Trinajstić information content (AvgIpc) is 2.55. The van der Waals surface area contributed by atoms with Gasteiger partial charge >= 0.3 is 11.8 Å². The van der Waals surface area contributed by atoms with Gasteiger partial charge in [-0.3, -0.25) is 9.59 Å². The van der Waals surface area contributed by atoms with E-state index in [1.165, 1.54) is 12.1 Å². The van der Waals surface area contributed by atoms with Gasteiger partial charge in [-0.05, 0) is 23.6 Å². The lowest BCUT2D eigenvalue weighted by Crippen LogP contribution is -2.29. The number of hydrogen-bond donors (Lipinski definition) is 3. The quantitative estimate of drug-likeness (QED) is 0.636. The number of fused-ring (bicyclic) bond motifs is 1. The van der Waals surface area contributed by atoms with E-state index in [2.05, 4.69) is 10.6 Å². The topological polar surface area (TPSA) is 78.4 Å². The van der Waals surface area contributed by atoms with Crippen molar-refractivity contribution in [2.75, 3.05) is 10.6 Å². The van der Waals surface area contributed by atoms with E-state index in [0.717, 1.165) is 10.8 Å². The summed E-state index contributed by atoms with van der Waals surface area (Å²) in [5, 5.41) is 16.2. The molecule has 0 heterocycles. The zero-order chi connectivity index (χ0) is 16.2. The molecule has 0 radical (unpaired) electrons. The van der Waals surface area contributed by atoms with Crippen LogP contribution < -0.4 is 10.6 Å². The Kier molecular flexibility index (Phi) is 3.93. The van der Waals surface area contributed by atoms with E-state index in [0.29, 0.717) is 11.4 Å². The molecule has 3 rings (SSSR count). The number of nitrogens with one attached hydrogen (secondary N) is 2. The van der Waals surface area contributed by atoms with Crippen molar-refractivity contribution in [3.63, 3.8) is 0 Å². The van der Waals surface area contributed by atoms with Gasteiger partial charge in [-0.25, -0.2) is 0 Å². The third kappa shape index (κ3) is 3.29. The summed E-state index contributed by atoms with van der Waals surface area (Å²) >= 11 is 0. The molecule has 3 N–H and O–H groups in total. The van der Waals surface area contributed by atoms with Crippen molar-refractivity contribution in [2.24, 2.45) is 0 Å². The van der Waals surface area contributed by atoms with Crippen molar-refractivity contribution in [3.8, 4) is 5.75 Å². The molecule has 2 amide bonds. The van der Waals surface area contributed by atoms with Crippen LogP contribution in [0.1, 0.15) is 0 Å². The second kappa shape index (κ2) is 6.19. The van der Waals surface area contributed by atoms with E-state index in [9.17, 15) is 14.7 Å². The molecule has 5 heteroatoms. The van der Waals surface area contributed by atoms with Crippen LogP contribution in [0.4, 0.5) is 11.4 Å². The van der Waals surface area contributed by atoms with Gasteiger partial charge in [-0.2, -0.15) is 0 Å². The van der Waals surface area contributed by atoms with E-state index >= 15 is 0 Å². The molecule has 0 aliphatic carbocycles. The molecule has 3 aromatic carbocycles. The summed E-state index contributed by atoms with van der Waals surface area (Å²) in [6.45, 7) is 0. The highest BCUT2D eigenvalue weighted by Crippen LogP contribution is 2.23. The molecule has 23 heavy (non-hydrogen) atoms. The van der Waals surface area contributed by atoms with Crippen LogP contribution in [0.25, 0.3) is 10.8 Å². The first kappa shape index (κ1) is 14.6. The lowest BCUT2D eigenvalue weighted by Gasteiger charge is -2.09. The molecular formula is C18H14N2O3. The second-order valence-electron chi connectivity index (χ2n) is 4.99. The van der Waals surface area contributed by atoms with Crippen LogP contribution in [0.15, 0.2) is 66.7 Å². The fraction of sp³-hybridized carbons (Fsp3) is 0. The normalized spacial score (nSPS) is 10.3. The first-order valence-electron chi connectivity index (χ1n) is 7.02. The molecule has 0 fully saturated rings. The van der Waals surface area contributed by atoms with E-state index in [1.807, 2.05) is 36.4 Å². The van der Waals surface area contributed by atoms with Crippen molar-refractivity contribution in [1.29, 1.82) is 0 Å². The van der Waals surface area contributed by atoms with Crippen LogP contribution >= 0.6 is 0 Å². The fourth-order valence-electron chi connectivity index (χ4n) is 2.29. The summed E-state index contributed by atoms with van der Waals surface area (Å²) in [7, 11) is 0. The molecule has 0 bridgehead atoms. The SMILES string of the molecule is O=C(Nc1cccc(O)c1)C(=O)Nc1cccc2ccccc12. The van der Waals surface area contributed by atoms with Crippen LogP contribution in [0, 0.1) is 0 Å². The molecule has 0 aliphatic heterocycles. The van der Waals surface area contributed by atoms with Gasteiger partial charge in [0.15, 0.2) is 0 Å². The van der Waals surface area contributed by atoms with Gasteiger partial charge < -0.3 is 15.7 Å². The number of rotatable bonds is 2. The fourth-order valence-corrected chi connectivity index (χ4v) is 2.29. The Morgan fingerprint density at radius 1 is 0.783 bits per heavy atom. The number of hydrogen-bond acceptors (Lipinski definition) is 3. The van der Waals surface area contributed by atoms with E-state index in [4.69, 9.17) is 0 Å². The minimum absolute atomic E-state index is 0.0114. The van der Waals surface area contributed by atoms with Crippen LogP contribution in [0.5, 0.6) is 5.75 Å². The maximum absolute atomic E-state index is 12.1. The molecule has 0 saturated carbocycles. The highest BCUT2D eigenvalue weighted by Gasteiger charge is 2.15. The monoisotopic (exact) mass is 306 g/mol. The van der Waals surface area contributed by atoms with Crippen LogP contribution in [0.3, 0.4) is 0 Å². The Hall–Kier alpha value is -3.34. The van der Waals surface area contributed by atoms with Gasteiger partial charge in [-0.15, -0.1) is 0 Å². The van der Waals surface area contributed by atoms with Crippen LogP contribution in [-0.4, -0.2) is 16.9 Å². The van der Waals surface area contributed by atoms with Crippen molar-refractivity contribution < 1.29 is 14.7 Å². The number of carbonyl (C=O) groups is 2. The third-order valence-electron chi connectivity index (χ3n) is 3.35. The molecule has 0 spiro atoms. The molecular weight excluding hydrogens is 292 g/mol. The zero-order valence-electron chi connectivity index (χ0n) is 12.1.